The fraction of sp³-hybridized carbons (Fsp3) is 0.273. The molecule has 0 fully saturated rings. The Bertz CT molecular complexity index is 1030. The molecule has 1 aromatic heterocycles. The van der Waals surface area contributed by atoms with Crippen LogP contribution in [0.25, 0.3) is 10.9 Å². The highest BCUT2D eigenvalue weighted by atomic mass is 16.1. The number of rotatable bonds is 5. The van der Waals surface area contributed by atoms with Gasteiger partial charge in [0.2, 0.25) is 5.91 Å². The number of benzene rings is 2. The van der Waals surface area contributed by atoms with Gasteiger partial charge >= 0.3 is 0 Å². The number of pyridine rings is 1. The van der Waals surface area contributed by atoms with Crippen LogP contribution in [0.15, 0.2) is 47.3 Å². The summed E-state index contributed by atoms with van der Waals surface area (Å²) in [4.78, 5) is 29.5. The summed E-state index contributed by atoms with van der Waals surface area (Å²) in [6.45, 7) is 4.07. The van der Waals surface area contributed by atoms with Crippen LogP contribution in [0.2, 0.25) is 0 Å². The van der Waals surface area contributed by atoms with E-state index in [1.165, 1.54) is 5.56 Å². The number of nitrogens with zero attached hydrogens (tertiary/aromatic N) is 1. The van der Waals surface area contributed by atoms with Gasteiger partial charge in [0.15, 0.2) is 0 Å². The third kappa shape index (κ3) is 4.37. The summed E-state index contributed by atoms with van der Waals surface area (Å²) >= 11 is 0. The predicted molar refractivity (Wildman–Crippen MR) is 112 cm³/mol. The number of aryl methyl sites for hydroxylation is 3. The van der Waals surface area contributed by atoms with E-state index in [2.05, 4.69) is 23.3 Å². The van der Waals surface area contributed by atoms with Gasteiger partial charge in [-0.05, 0) is 79.2 Å². The molecule has 0 atom stereocenters. The van der Waals surface area contributed by atoms with Gasteiger partial charge in [-0.1, -0.05) is 0 Å². The van der Waals surface area contributed by atoms with Crippen LogP contribution >= 0.6 is 0 Å². The topological polar surface area (TPSA) is 65.2 Å². The smallest absolute Gasteiger partial charge is 0.251 e. The standard InChI is InChI=1S/C22H25N3O2/c1-14-11-17-13-16(22(27)24-20(17)12-15(14)2)5-10-21(26)23-18-6-8-19(9-7-18)25(3)4/h6-9,11-13H,5,10H2,1-4H3,(H,23,26)(H,24,27). The van der Waals surface area contributed by atoms with Crippen molar-refractivity contribution in [2.45, 2.75) is 26.7 Å². The van der Waals surface area contributed by atoms with E-state index < -0.39 is 0 Å². The minimum Gasteiger partial charge on any atom is -0.378 e. The molecular formula is C22H25N3O2. The van der Waals surface area contributed by atoms with Gasteiger partial charge in [-0.15, -0.1) is 0 Å². The Morgan fingerprint density at radius 3 is 2.37 bits per heavy atom. The molecule has 0 aliphatic rings. The lowest BCUT2D eigenvalue weighted by molar-refractivity contribution is -0.116. The van der Waals surface area contributed by atoms with Gasteiger partial charge in [0.05, 0.1) is 0 Å². The molecule has 5 nitrogen and oxygen atoms in total. The van der Waals surface area contributed by atoms with Crippen molar-refractivity contribution in [3.05, 3.63) is 69.5 Å². The summed E-state index contributed by atoms with van der Waals surface area (Å²) in [5.41, 5.74) is 5.48. The number of fused-ring (bicyclic) bond motifs is 1. The number of carbonyl (C=O) groups is 1. The van der Waals surface area contributed by atoms with Crippen LogP contribution in [-0.2, 0) is 11.2 Å². The lowest BCUT2D eigenvalue weighted by Crippen LogP contribution is -2.17. The molecule has 2 N–H and O–H groups in total. The first-order valence-electron chi connectivity index (χ1n) is 9.04. The second-order valence-corrected chi connectivity index (χ2v) is 7.14. The molecule has 1 amide bonds. The maximum atomic E-state index is 12.3. The molecular weight excluding hydrogens is 338 g/mol. The first-order valence-corrected chi connectivity index (χ1v) is 9.04. The van der Waals surface area contributed by atoms with Crippen molar-refractivity contribution in [1.29, 1.82) is 0 Å². The van der Waals surface area contributed by atoms with Crippen molar-refractivity contribution in [3.63, 3.8) is 0 Å². The number of hydrogen-bond donors (Lipinski definition) is 2. The molecule has 2 aromatic carbocycles. The van der Waals surface area contributed by atoms with Gasteiger partial charge in [0.25, 0.3) is 5.56 Å². The molecule has 0 bridgehead atoms. The Labute approximate surface area is 159 Å². The van der Waals surface area contributed by atoms with Crippen molar-refractivity contribution in [1.82, 2.24) is 4.98 Å². The molecule has 3 rings (SSSR count). The minimum atomic E-state index is -0.131. The van der Waals surface area contributed by atoms with Gasteiger partial charge in [-0.2, -0.15) is 0 Å². The Kier molecular flexibility index (Phi) is 5.31. The van der Waals surface area contributed by atoms with Gasteiger partial charge < -0.3 is 15.2 Å². The molecule has 0 aliphatic carbocycles. The van der Waals surface area contributed by atoms with Crippen molar-refractivity contribution in [2.24, 2.45) is 0 Å². The van der Waals surface area contributed by atoms with Gasteiger partial charge in [-0.25, -0.2) is 0 Å². The SMILES string of the molecule is Cc1cc2cc(CCC(=O)Nc3ccc(N(C)C)cc3)c(=O)[nH]c2cc1C. The summed E-state index contributed by atoms with van der Waals surface area (Å²) < 4.78 is 0. The summed E-state index contributed by atoms with van der Waals surface area (Å²) in [5.74, 6) is -0.104. The molecule has 0 radical (unpaired) electrons. The molecule has 3 aromatic rings. The normalized spacial score (nSPS) is 10.8. The summed E-state index contributed by atoms with van der Waals surface area (Å²) in [6.07, 6.45) is 0.661. The summed E-state index contributed by atoms with van der Waals surface area (Å²) in [5, 5.41) is 3.87. The number of aromatic nitrogens is 1. The second kappa shape index (κ2) is 7.66. The molecule has 27 heavy (non-hydrogen) atoms. The van der Waals surface area contributed by atoms with E-state index in [1.54, 1.807) is 0 Å². The fourth-order valence-corrected chi connectivity index (χ4v) is 3.02. The maximum Gasteiger partial charge on any atom is 0.251 e. The van der Waals surface area contributed by atoms with Crippen molar-refractivity contribution in [2.75, 3.05) is 24.3 Å². The first-order chi connectivity index (χ1) is 12.8. The Morgan fingerprint density at radius 1 is 1.04 bits per heavy atom. The number of anilines is 2. The monoisotopic (exact) mass is 363 g/mol. The number of carbonyl (C=O) groups excluding carboxylic acids is 1. The zero-order valence-corrected chi connectivity index (χ0v) is 16.2. The van der Waals surface area contributed by atoms with E-state index in [1.807, 2.05) is 62.3 Å². The van der Waals surface area contributed by atoms with Gasteiger partial charge in [0.1, 0.15) is 0 Å². The van der Waals surface area contributed by atoms with Crippen LogP contribution in [0.4, 0.5) is 11.4 Å². The number of amides is 1. The van der Waals surface area contributed by atoms with E-state index in [-0.39, 0.29) is 17.9 Å². The fourth-order valence-electron chi connectivity index (χ4n) is 3.02. The van der Waals surface area contributed by atoms with E-state index in [0.29, 0.717) is 12.0 Å². The third-order valence-electron chi connectivity index (χ3n) is 4.82. The lowest BCUT2D eigenvalue weighted by atomic mass is 10.0. The zero-order chi connectivity index (χ0) is 19.6. The molecule has 0 spiro atoms. The first kappa shape index (κ1) is 18.7. The molecule has 0 aliphatic heterocycles. The van der Waals surface area contributed by atoms with Crippen molar-refractivity contribution >= 4 is 28.2 Å². The van der Waals surface area contributed by atoms with E-state index in [0.717, 1.165) is 27.8 Å². The van der Waals surface area contributed by atoms with Crippen molar-refractivity contribution in [3.8, 4) is 0 Å². The quantitative estimate of drug-likeness (QED) is 0.725. The van der Waals surface area contributed by atoms with Gasteiger partial charge in [-0.3, -0.25) is 9.59 Å². The number of H-pyrrole nitrogens is 1. The largest absolute Gasteiger partial charge is 0.378 e. The summed E-state index contributed by atoms with van der Waals surface area (Å²) in [6, 6.07) is 13.6. The van der Waals surface area contributed by atoms with E-state index in [9.17, 15) is 9.59 Å². The van der Waals surface area contributed by atoms with E-state index in [4.69, 9.17) is 0 Å². The Morgan fingerprint density at radius 2 is 1.70 bits per heavy atom. The molecule has 0 saturated heterocycles. The molecule has 140 valence electrons. The van der Waals surface area contributed by atoms with Crippen LogP contribution in [0, 0.1) is 13.8 Å². The highest BCUT2D eigenvalue weighted by Crippen LogP contribution is 2.18. The Hall–Kier alpha value is -3.08. The Balaban J connectivity index is 1.68. The van der Waals surface area contributed by atoms with Crippen LogP contribution in [0.3, 0.4) is 0 Å². The highest BCUT2D eigenvalue weighted by molar-refractivity contribution is 5.91. The number of aromatic amines is 1. The average molecular weight is 363 g/mol. The third-order valence-corrected chi connectivity index (χ3v) is 4.82. The van der Waals surface area contributed by atoms with Crippen LogP contribution in [-0.4, -0.2) is 25.0 Å². The molecule has 0 saturated carbocycles. The van der Waals surface area contributed by atoms with Crippen LogP contribution in [0.1, 0.15) is 23.1 Å². The average Bonchev–Trinajstić information content (AvgIpc) is 2.62. The van der Waals surface area contributed by atoms with Crippen molar-refractivity contribution < 1.29 is 4.79 Å². The molecule has 1 heterocycles. The number of nitrogens with one attached hydrogen (secondary N) is 2. The predicted octanol–water partition coefficient (Wildman–Crippen LogP) is 3.78. The molecule has 5 heteroatoms. The highest BCUT2D eigenvalue weighted by Gasteiger charge is 2.08. The van der Waals surface area contributed by atoms with Crippen LogP contribution in [0.5, 0.6) is 0 Å². The second-order valence-electron chi connectivity index (χ2n) is 7.14. The van der Waals surface area contributed by atoms with Gasteiger partial charge in [0, 0.05) is 43.0 Å². The number of hydrogen-bond acceptors (Lipinski definition) is 3. The van der Waals surface area contributed by atoms with E-state index >= 15 is 0 Å². The molecule has 0 unspecified atom stereocenters. The minimum absolute atomic E-state index is 0.104. The zero-order valence-electron chi connectivity index (χ0n) is 16.2. The maximum absolute atomic E-state index is 12.3. The lowest BCUT2D eigenvalue weighted by Gasteiger charge is -2.13. The summed E-state index contributed by atoms with van der Waals surface area (Å²) in [7, 11) is 3.94. The van der Waals surface area contributed by atoms with Crippen LogP contribution < -0.4 is 15.8 Å².